The summed E-state index contributed by atoms with van der Waals surface area (Å²) in [6, 6.07) is 7.00. The second-order valence-electron chi connectivity index (χ2n) is 4.40. The van der Waals surface area contributed by atoms with Crippen molar-refractivity contribution < 1.29 is 9.53 Å². The number of nitrogens with zero attached hydrogens (tertiary/aromatic N) is 1. The molecular weight excluding hydrogens is 254 g/mol. The predicted molar refractivity (Wildman–Crippen MR) is 79.1 cm³/mol. The molecule has 20 heavy (non-hydrogen) atoms. The SMILES string of the molecule is CCOC(=O)c1ccc(Nc2cncc(C)c2)c(N)c1. The Balaban J connectivity index is 2.20. The Morgan fingerprint density at radius 1 is 1.35 bits per heavy atom. The topological polar surface area (TPSA) is 77.2 Å². The van der Waals surface area contributed by atoms with Gasteiger partial charge in [0.1, 0.15) is 0 Å². The molecule has 2 aromatic rings. The van der Waals surface area contributed by atoms with Gasteiger partial charge >= 0.3 is 5.97 Å². The van der Waals surface area contributed by atoms with Crippen molar-refractivity contribution in [2.75, 3.05) is 17.7 Å². The number of carbonyl (C=O) groups is 1. The molecule has 0 amide bonds. The van der Waals surface area contributed by atoms with Crippen molar-refractivity contribution in [3.63, 3.8) is 0 Å². The second-order valence-corrected chi connectivity index (χ2v) is 4.40. The van der Waals surface area contributed by atoms with E-state index in [4.69, 9.17) is 10.5 Å². The Morgan fingerprint density at radius 2 is 2.15 bits per heavy atom. The van der Waals surface area contributed by atoms with Crippen LogP contribution in [0.25, 0.3) is 0 Å². The van der Waals surface area contributed by atoms with Crippen LogP contribution < -0.4 is 11.1 Å². The van der Waals surface area contributed by atoms with E-state index in [0.29, 0.717) is 17.9 Å². The van der Waals surface area contributed by atoms with E-state index in [1.165, 1.54) is 0 Å². The quantitative estimate of drug-likeness (QED) is 0.660. The molecule has 0 saturated heterocycles. The zero-order chi connectivity index (χ0) is 14.5. The van der Waals surface area contributed by atoms with Crippen LogP contribution in [0.1, 0.15) is 22.8 Å². The maximum Gasteiger partial charge on any atom is 0.338 e. The molecule has 0 bridgehead atoms. The molecule has 0 atom stereocenters. The van der Waals surface area contributed by atoms with Gasteiger partial charge < -0.3 is 15.8 Å². The first kappa shape index (κ1) is 13.9. The van der Waals surface area contributed by atoms with E-state index in [1.807, 2.05) is 13.0 Å². The highest BCUT2D eigenvalue weighted by Crippen LogP contribution is 2.24. The number of esters is 1. The van der Waals surface area contributed by atoms with Crippen LogP contribution in [0, 0.1) is 6.92 Å². The zero-order valence-electron chi connectivity index (χ0n) is 11.5. The third-order valence-electron chi connectivity index (χ3n) is 2.72. The van der Waals surface area contributed by atoms with Crippen LogP contribution in [0.5, 0.6) is 0 Å². The standard InChI is InChI=1S/C15H17N3O2/c1-3-20-15(19)11-4-5-14(13(16)7-11)18-12-6-10(2)8-17-9-12/h4-9,18H,3,16H2,1-2H3. The fourth-order valence-electron chi connectivity index (χ4n) is 1.80. The summed E-state index contributed by atoms with van der Waals surface area (Å²) in [5.41, 5.74) is 9.50. The van der Waals surface area contributed by atoms with E-state index in [9.17, 15) is 4.79 Å². The molecule has 2 rings (SSSR count). The minimum absolute atomic E-state index is 0.341. The number of nitrogens with one attached hydrogen (secondary N) is 1. The molecule has 5 nitrogen and oxygen atoms in total. The van der Waals surface area contributed by atoms with Gasteiger partial charge in [0.2, 0.25) is 0 Å². The molecule has 1 aromatic heterocycles. The number of ether oxygens (including phenoxy) is 1. The summed E-state index contributed by atoms with van der Waals surface area (Å²) in [6.07, 6.45) is 3.49. The summed E-state index contributed by atoms with van der Waals surface area (Å²) < 4.78 is 4.93. The minimum atomic E-state index is -0.372. The van der Waals surface area contributed by atoms with E-state index >= 15 is 0 Å². The van der Waals surface area contributed by atoms with Crippen LogP contribution in [0.15, 0.2) is 36.7 Å². The first-order chi connectivity index (χ1) is 9.60. The number of benzene rings is 1. The number of aromatic nitrogens is 1. The Kier molecular flexibility index (Phi) is 4.20. The Morgan fingerprint density at radius 3 is 2.80 bits per heavy atom. The fourth-order valence-corrected chi connectivity index (χ4v) is 1.80. The summed E-state index contributed by atoms with van der Waals surface area (Å²) in [6.45, 7) is 4.07. The van der Waals surface area contributed by atoms with E-state index in [2.05, 4.69) is 10.3 Å². The van der Waals surface area contributed by atoms with Gasteiger partial charge in [-0.15, -0.1) is 0 Å². The maximum absolute atomic E-state index is 11.6. The van der Waals surface area contributed by atoms with Gasteiger partial charge in [0.25, 0.3) is 0 Å². The van der Waals surface area contributed by atoms with Crippen LogP contribution in [-0.2, 0) is 4.74 Å². The lowest BCUT2D eigenvalue weighted by molar-refractivity contribution is 0.0526. The molecule has 3 N–H and O–H groups in total. The van der Waals surface area contributed by atoms with Crippen LogP contribution in [0.3, 0.4) is 0 Å². The predicted octanol–water partition coefficient (Wildman–Crippen LogP) is 2.89. The summed E-state index contributed by atoms with van der Waals surface area (Å²) in [4.78, 5) is 15.7. The third-order valence-corrected chi connectivity index (χ3v) is 2.72. The summed E-state index contributed by atoms with van der Waals surface area (Å²) in [5.74, 6) is -0.372. The minimum Gasteiger partial charge on any atom is -0.462 e. The van der Waals surface area contributed by atoms with Crippen molar-refractivity contribution in [1.82, 2.24) is 4.98 Å². The molecule has 0 radical (unpaired) electrons. The van der Waals surface area contributed by atoms with Gasteiger partial charge in [-0.3, -0.25) is 4.98 Å². The van der Waals surface area contributed by atoms with Gasteiger partial charge in [-0.1, -0.05) is 0 Å². The van der Waals surface area contributed by atoms with Gasteiger partial charge in [-0.05, 0) is 43.7 Å². The van der Waals surface area contributed by atoms with Gasteiger partial charge in [0, 0.05) is 6.20 Å². The number of hydrogen-bond donors (Lipinski definition) is 2. The summed E-state index contributed by atoms with van der Waals surface area (Å²) in [7, 11) is 0. The third kappa shape index (κ3) is 3.26. The van der Waals surface area contributed by atoms with E-state index in [1.54, 1.807) is 37.5 Å². The lowest BCUT2D eigenvalue weighted by Crippen LogP contribution is -2.06. The number of hydrogen-bond acceptors (Lipinski definition) is 5. The molecule has 1 heterocycles. The van der Waals surface area contributed by atoms with Crippen LogP contribution >= 0.6 is 0 Å². The largest absolute Gasteiger partial charge is 0.462 e. The van der Waals surface area contributed by atoms with Gasteiger partial charge in [-0.2, -0.15) is 0 Å². The smallest absolute Gasteiger partial charge is 0.338 e. The molecule has 0 unspecified atom stereocenters. The fraction of sp³-hybridized carbons (Fsp3) is 0.200. The maximum atomic E-state index is 11.6. The number of nitrogens with two attached hydrogens (primary N) is 1. The lowest BCUT2D eigenvalue weighted by atomic mass is 10.1. The molecule has 5 heteroatoms. The zero-order valence-corrected chi connectivity index (χ0v) is 11.5. The van der Waals surface area contributed by atoms with E-state index < -0.39 is 0 Å². The van der Waals surface area contributed by atoms with Crippen LogP contribution in [0.2, 0.25) is 0 Å². The Hall–Kier alpha value is -2.56. The van der Waals surface area contributed by atoms with Gasteiger partial charge in [0.05, 0.1) is 35.4 Å². The second kappa shape index (κ2) is 6.06. The summed E-state index contributed by atoms with van der Waals surface area (Å²) in [5, 5.41) is 3.17. The van der Waals surface area contributed by atoms with Gasteiger partial charge in [0.15, 0.2) is 0 Å². The molecule has 104 valence electrons. The highest BCUT2D eigenvalue weighted by Gasteiger charge is 2.09. The molecule has 0 saturated carbocycles. The van der Waals surface area contributed by atoms with Crippen LogP contribution in [0.4, 0.5) is 17.1 Å². The molecular formula is C15H17N3O2. The molecule has 0 aliphatic carbocycles. The van der Waals surface area contributed by atoms with E-state index in [0.717, 1.165) is 16.9 Å². The van der Waals surface area contributed by atoms with Crippen molar-refractivity contribution in [2.24, 2.45) is 0 Å². The number of anilines is 3. The lowest BCUT2D eigenvalue weighted by Gasteiger charge is -2.11. The highest BCUT2D eigenvalue weighted by molar-refractivity contribution is 5.92. The number of carbonyl (C=O) groups excluding carboxylic acids is 1. The Labute approximate surface area is 117 Å². The number of rotatable bonds is 4. The van der Waals surface area contributed by atoms with Crippen molar-refractivity contribution >= 4 is 23.0 Å². The number of pyridine rings is 1. The first-order valence-corrected chi connectivity index (χ1v) is 6.35. The van der Waals surface area contributed by atoms with Crippen molar-refractivity contribution in [3.05, 3.63) is 47.8 Å². The summed E-state index contributed by atoms with van der Waals surface area (Å²) >= 11 is 0. The van der Waals surface area contributed by atoms with Crippen molar-refractivity contribution in [1.29, 1.82) is 0 Å². The molecule has 0 aliphatic heterocycles. The van der Waals surface area contributed by atoms with Crippen LogP contribution in [-0.4, -0.2) is 17.6 Å². The van der Waals surface area contributed by atoms with Crippen molar-refractivity contribution in [3.8, 4) is 0 Å². The Bertz CT molecular complexity index is 626. The normalized spacial score (nSPS) is 10.1. The molecule has 1 aromatic carbocycles. The number of nitrogen functional groups attached to an aromatic ring is 1. The van der Waals surface area contributed by atoms with E-state index in [-0.39, 0.29) is 5.97 Å². The molecule has 0 spiro atoms. The van der Waals surface area contributed by atoms with Crippen molar-refractivity contribution in [2.45, 2.75) is 13.8 Å². The number of aryl methyl sites for hydroxylation is 1. The average Bonchev–Trinajstić information content (AvgIpc) is 2.41. The molecule has 0 fully saturated rings. The molecule has 0 aliphatic rings. The van der Waals surface area contributed by atoms with Gasteiger partial charge in [-0.25, -0.2) is 4.79 Å². The highest BCUT2D eigenvalue weighted by atomic mass is 16.5. The average molecular weight is 271 g/mol. The first-order valence-electron chi connectivity index (χ1n) is 6.35. The monoisotopic (exact) mass is 271 g/mol.